The molecule has 0 heterocycles. The highest BCUT2D eigenvalue weighted by atomic mass is 19.1. The molecular formula is C23H28FNO2. The second kappa shape index (κ2) is 8.25. The molecule has 0 aliphatic heterocycles. The molecule has 2 saturated carbocycles. The van der Waals surface area contributed by atoms with Crippen LogP contribution in [0.3, 0.4) is 0 Å². The van der Waals surface area contributed by atoms with Crippen LogP contribution in [0.5, 0.6) is 0 Å². The Kier molecular flexibility index (Phi) is 5.99. The van der Waals surface area contributed by atoms with Crippen LogP contribution < -0.4 is 0 Å². The lowest BCUT2D eigenvalue weighted by atomic mass is 9.54. The Bertz CT molecular complexity index is 758. The van der Waals surface area contributed by atoms with Gasteiger partial charge in [0.2, 0.25) is 0 Å². The van der Waals surface area contributed by atoms with Gasteiger partial charge >= 0.3 is 5.97 Å². The quantitative estimate of drug-likeness (QED) is 0.681. The van der Waals surface area contributed by atoms with Gasteiger partial charge in [0.05, 0.1) is 11.0 Å². The Balaban J connectivity index is 1.95. The number of benzene rings is 1. The molecule has 4 heteroatoms. The van der Waals surface area contributed by atoms with E-state index in [4.69, 9.17) is 5.26 Å². The molecule has 0 spiro atoms. The van der Waals surface area contributed by atoms with Crippen LogP contribution in [0.1, 0.15) is 75.3 Å². The molecule has 2 atom stereocenters. The van der Waals surface area contributed by atoms with E-state index in [1.807, 2.05) is 13.0 Å². The van der Waals surface area contributed by atoms with E-state index in [1.54, 1.807) is 6.07 Å². The minimum Gasteiger partial charge on any atom is -0.481 e. The van der Waals surface area contributed by atoms with Crippen molar-refractivity contribution >= 4 is 5.97 Å². The van der Waals surface area contributed by atoms with Gasteiger partial charge in [-0.3, -0.25) is 4.79 Å². The van der Waals surface area contributed by atoms with Crippen molar-refractivity contribution in [2.75, 3.05) is 0 Å². The number of carboxylic acid groups (broad SMARTS) is 1. The van der Waals surface area contributed by atoms with Crippen molar-refractivity contribution in [3.63, 3.8) is 0 Å². The van der Waals surface area contributed by atoms with Crippen LogP contribution in [-0.2, 0) is 4.79 Å². The molecule has 0 aromatic heterocycles. The summed E-state index contributed by atoms with van der Waals surface area (Å²) in [5, 5.41) is 19.3. The number of hydrogen-bond donors (Lipinski definition) is 1. The zero-order valence-corrected chi connectivity index (χ0v) is 16.0. The Hall–Kier alpha value is -2.15. The number of carboxylic acids is 1. The zero-order valence-electron chi connectivity index (χ0n) is 16.0. The van der Waals surface area contributed by atoms with Crippen molar-refractivity contribution in [1.82, 2.24) is 0 Å². The summed E-state index contributed by atoms with van der Waals surface area (Å²) >= 11 is 0. The third-order valence-corrected chi connectivity index (χ3v) is 6.83. The average molecular weight is 369 g/mol. The molecule has 2 aliphatic carbocycles. The fourth-order valence-corrected chi connectivity index (χ4v) is 5.52. The van der Waals surface area contributed by atoms with E-state index in [0.717, 1.165) is 50.5 Å². The van der Waals surface area contributed by atoms with E-state index in [2.05, 4.69) is 12.2 Å². The second-order valence-corrected chi connectivity index (χ2v) is 8.13. The average Bonchev–Trinajstić information content (AvgIpc) is 2.68. The first kappa shape index (κ1) is 19.6. The summed E-state index contributed by atoms with van der Waals surface area (Å²) in [7, 11) is 0. The monoisotopic (exact) mass is 369 g/mol. The number of halogens is 1. The second-order valence-electron chi connectivity index (χ2n) is 8.13. The molecule has 2 fully saturated rings. The molecule has 0 radical (unpaired) electrons. The van der Waals surface area contributed by atoms with Crippen LogP contribution >= 0.6 is 0 Å². The first-order chi connectivity index (χ1) is 13.0. The normalized spacial score (nSPS) is 31.5. The van der Waals surface area contributed by atoms with Crippen LogP contribution in [0.2, 0.25) is 0 Å². The summed E-state index contributed by atoms with van der Waals surface area (Å²) < 4.78 is 14.3. The summed E-state index contributed by atoms with van der Waals surface area (Å²) in [4.78, 5) is 12.6. The maximum Gasteiger partial charge on any atom is 0.310 e. The maximum atomic E-state index is 14.3. The van der Waals surface area contributed by atoms with Gasteiger partial charge in [-0.25, -0.2) is 4.39 Å². The van der Waals surface area contributed by atoms with Gasteiger partial charge in [-0.15, -0.1) is 0 Å². The van der Waals surface area contributed by atoms with Crippen molar-refractivity contribution < 1.29 is 14.3 Å². The zero-order chi connectivity index (χ0) is 19.4. The molecule has 2 aliphatic rings. The number of rotatable bonds is 4. The predicted octanol–water partition coefficient (Wildman–Crippen LogP) is 5.81. The lowest BCUT2D eigenvalue weighted by Crippen LogP contribution is -2.47. The Morgan fingerprint density at radius 3 is 2.59 bits per heavy atom. The van der Waals surface area contributed by atoms with E-state index in [-0.39, 0.29) is 17.4 Å². The number of nitriles is 1. The van der Waals surface area contributed by atoms with E-state index in [9.17, 15) is 14.3 Å². The lowest BCUT2D eigenvalue weighted by Gasteiger charge is -2.48. The van der Waals surface area contributed by atoms with Crippen LogP contribution in [-0.4, -0.2) is 11.1 Å². The molecule has 27 heavy (non-hydrogen) atoms. The largest absolute Gasteiger partial charge is 0.481 e. The summed E-state index contributed by atoms with van der Waals surface area (Å²) in [6, 6.07) is 6.51. The Labute approximate surface area is 160 Å². The van der Waals surface area contributed by atoms with E-state index < -0.39 is 17.2 Å². The molecule has 1 aromatic rings. The van der Waals surface area contributed by atoms with E-state index in [1.165, 1.54) is 12.1 Å². The van der Waals surface area contributed by atoms with Gasteiger partial charge in [-0.2, -0.15) is 5.26 Å². The SMILES string of the molecule is CC=CC1CCC([C@@]2(C(=O)O)CCCCC2c2ccc(C#N)c(F)c2)CC1. The van der Waals surface area contributed by atoms with Gasteiger partial charge in [0.25, 0.3) is 0 Å². The van der Waals surface area contributed by atoms with E-state index in [0.29, 0.717) is 12.3 Å². The van der Waals surface area contributed by atoms with Gasteiger partial charge in [-0.05, 0) is 75.0 Å². The van der Waals surface area contributed by atoms with Crippen molar-refractivity contribution in [3.05, 3.63) is 47.3 Å². The molecule has 1 N–H and O–H groups in total. The molecule has 0 saturated heterocycles. The Morgan fingerprint density at radius 1 is 1.26 bits per heavy atom. The fraction of sp³-hybridized carbons (Fsp3) is 0.565. The summed E-state index contributed by atoms with van der Waals surface area (Å²) in [5.41, 5.74) is -0.0637. The smallest absolute Gasteiger partial charge is 0.310 e. The highest BCUT2D eigenvalue weighted by molar-refractivity contribution is 5.77. The van der Waals surface area contributed by atoms with Crippen LogP contribution in [0.25, 0.3) is 0 Å². The van der Waals surface area contributed by atoms with E-state index >= 15 is 0 Å². The number of aliphatic carboxylic acids is 1. The van der Waals surface area contributed by atoms with Gasteiger partial charge < -0.3 is 5.11 Å². The molecule has 1 aromatic carbocycles. The van der Waals surface area contributed by atoms with Gasteiger partial charge in [0.1, 0.15) is 11.9 Å². The van der Waals surface area contributed by atoms with Crippen molar-refractivity contribution in [2.45, 2.75) is 64.2 Å². The Morgan fingerprint density at radius 2 is 2.00 bits per heavy atom. The lowest BCUT2D eigenvalue weighted by molar-refractivity contribution is -0.159. The van der Waals surface area contributed by atoms with Crippen LogP contribution in [0.4, 0.5) is 4.39 Å². The summed E-state index contributed by atoms with van der Waals surface area (Å²) in [6.07, 6.45) is 11.5. The number of hydrogen-bond acceptors (Lipinski definition) is 2. The van der Waals surface area contributed by atoms with Gasteiger partial charge in [0.15, 0.2) is 0 Å². The molecule has 1 unspecified atom stereocenters. The third-order valence-electron chi connectivity index (χ3n) is 6.83. The van der Waals surface area contributed by atoms with Gasteiger partial charge in [0, 0.05) is 5.92 Å². The highest BCUT2D eigenvalue weighted by Gasteiger charge is 2.53. The minimum atomic E-state index is -0.820. The van der Waals surface area contributed by atoms with Crippen molar-refractivity contribution in [1.29, 1.82) is 5.26 Å². The van der Waals surface area contributed by atoms with Crippen molar-refractivity contribution in [2.24, 2.45) is 17.3 Å². The minimum absolute atomic E-state index is 0.0161. The standard InChI is InChI=1S/C23H28FNO2/c1-2-5-16-7-11-19(12-8-16)23(22(26)27)13-4-3-6-20(23)17-9-10-18(15-25)21(24)14-17/h2,5,9-10,14,16,19-20H,3-4,6-8,11-13H2,1H3,(H,26,27)/t16?,19?,20?,23-/m0/s1. The number of carbonyl (C=O) groups is 1. The fourth-order valence-electron chi connectivity index (χ4n) is 5.52. The molecule has 3 rings (SSSR count). The molecule has 0 amide bonds. The topological polar surface area (TPSA) is 61.1 Å². The summed E-state index contributed by atoms with van der Waals surface area (Å²) in [5.74, 6) is -0.788. The first-order valence-electron chi connectivity index (χ1n) is 10.1. The first-order valence-corrected chi connectivity index (χ1v) is 10.1. The molecule has 144 valence electrons. The van der Waals surface area contributed by atoms with Crippen LogP contribution in [0, 0.1) is 34.4 Å². The summed E-state index contributed by atoms with van der Waals surface area (Å²) in [6.45, 7) is 2.03. The van der Waals surface area contributed by atoms with Gasteiger partial charge in [-0.1, -0.05) is 31.1 Å². The van der Waals surface area contributed by atoms with Crippen molar-refractivity contribution in [3.8, 4) is 6.07 Å². The molecule has 3 nitrogen and oxygen atoms in total. The number of allylic oxidation sites excluding steroid dienone is 2. The highest BCUT2D eigenvalue weighted by Crippen LogP contribution is 2.56. The maximum absolute atomic E-state index is 14.3. The molecular weight excluding hydrogens is 341 g/mol. The molecule has 0 bridgehead atoms. The number of nitrogens with zero attached hydrogens (tertiary/aromatic N) is 1. The van der Waals surface area contributed by atoms with Crippen LogP contribution in [0.15, 0.2) is 30.4 Å². The third kappa shape index (κ3) is 3.65. The predicted molar refractivity (Wildman–Crippen MR) is 103 cm³/mol.